The zero-order valence-corrected chi connectivity index (χ0v) is 10.6. The first-order valence-electron chi connectivity index (χ1n) is 5.72. The number of rotatable bonds is 2. The highest BCUT2D eigenvalue weighted by atomic mass is 35.5. The first-order chi connectivity index (χ1) is 9.19. The van der Waals surface area contributed by atoms with Gasteiger partial charge in [-0.3, -0.25) is 4.40 Å². The van der Waals surface area contributed by atoms with Crippen LogP contribution in [-0.4, -0.2) is 14.5 Å². The monoisotopic (exact) mass is 276 g/mol. The Morgan fingerprint density at radius 3 is 2.58 bits per heavy atom. The van der Waals surface area contributed by atoms with Gasteiger partial charge in [0.25, 0.3) is 0 Å². The summed E-state index contributed by atoms with van der Waals surface area (Å²) in [7, 11) is 0. The Morgan fingerprint density at radius 2 is 1.89 bits per heavy atom. The van der Waals surface area contributed by atoms with Gasteiger partial charge in [-0.15, -0.1) is 0 Å². The van der Waals surface area contributed by atoms with E-state index in [9.17, 15) is 9.50 Å². The van der Waals surface area contributed by atoms with E-state index >= 15 is 0 Å². The molecule has 3 aromatic rings. The maximum Gasteiger partial charge on any atom is 0.137 e. The third-order valence-corrected chi connectivity index (χ3v) is 3.17. The van der Waals surface area contributed by atoms with E-state index in [1.165, 1.54) is 12.1 Å². The van der Waals surface area contributed by atoms with Crippen molar-refractivity contribution in [3.63, 3.8) is 0 Å². The number of pyridine rings is 1. The van der Waals surface area contributed by atoms with Gasteiger partial charge in [0.1, 0.15) is 11.5 Å². The summed E-state index contributed by atoms with van der Waals surface area (Å²) in [4.78, 5) is 4.45. The van der Waals surface area contributed by atoms with E-state index in [2.05, 4.69) is 4.98 Å². The van der Waals surface area contributed by atoms with Crippen LogP contribution < -0.4 is 0 Å². The lowest BCUT2D eigenvalue weighted by Crippen LogP contribution is -1.94. The summed E-state index contributed by atoms with van der Waals surface area (Å²) in [5.74, 6) is -0.305. The number of fused-ring (bicyclic) bond motifs is 1. The second kappa shape index (κ2) is 4.64. The van der Waals surface area contributed by atoms with E-state index in [-0.39, 0.29) is 12.4 Å². The number of nitrogens with zero attached hydrogens (tertiary/aromatic N) is 2. The fourth-order valence-corrected chi connectivity index (χ4v) is 2.22. The number of benzene rings is 1. The van der Waals surface area contributed by atoms with E-state index in [1.807, 2.05) is 0 Å². The Hall–Kier alpha value is -1.91. The SMILES string of the molecule is OCc1c(-c2ccc(F)cc2)nc2ccc(Cl)cn12. The van der Waals surface area contributed by atoms with Crippen LogP contribution in [0.3, 0.4) is 0 Å². The second-order valence-electron chi connectivity index (χ2n) is 4.15. The molecule has 96 valence electrons. The summed E-state index contributed by atoms with van der Waals surface area (Å²) in [5.41, 5.74) is 2.70. The van der Waals surface area contributed by atoms with Crippen molar-refractivity contribution < 1.29 is 9.50 Å². The third kappa shape index (κ3) is 2.09. The highest BCUT2D eigenvalue weighted by molar-refractivity contribution is 6.30. The van der Waals surface area contributed by atoms with Crippen molar-refractivity contribution in [2.75, 3.05) is 0 Å². The first-order valence-corrected chi connectivity index (χ1v) is 6.10. The molecular formula is C14H10ClFN2O. The number of hydrogen-bond donors (Lipinski definition) is 1. The molecule has 0 unspecified atom stereocenters. The Morgan fingerprint density at radius 1 is 1.16 bits per heavy atom. The second-order valence-corrected chi connectivity index (χ2v) is 4.58. The fraction of sp³-hybridized carbons (Fsp3) is 0.0714. The molecule has 0 saturated heterocycles. The number of hydrogen-bond acceptors (Lipinski definition) is 2. The lowest BCUT2D eigenvalue weighted by Gasteiger charge is -2.02. The Bertz CT molecular complexity index is 737. The summed E-state index contributed by atoms with van der Waals surface area (Å²) in [5, 5.41) is 10.1. The van der Waals surface area contributed by atoms with Crippen molar-refractivity contribution in [3.8, 4) is 11.3 Å². The number of halogens is 2. The normalized spacial score (nSPS) is 11.1. The number of aromatic nitrogens is 2. The van der Waals surface area contributed by atoms with Crippen molar-refractivity contribution in [3.05, 3.63) is 59.1 Å². The minimum Gasteiger partial charge on any atom is -0.390 e. The van der Waals surface area contributed by atoms with Gasteiger partial charge in [0.2, 0.25) is 0 Å². The molecule has 5 heteroatoms. The van der Waals surface area contributed by atoms with E-state index in [4.69, 9.17) is 11.6 Å². The maximum absolute atomic E-state index is 12.9. The van der Waals surface area contributed by atoms with Crippen LogP contribution in [0.1, 0.15) is 5.69 Å². The Balaban J connectivity index is 2.25. The molecule has 0 bridgehead atoms. The van der Waals surface area contributed by atoms with Gasteiger partial charge in [-0.05, 0) is 36.4 Å². The van der Waals surface area contributed by atoms with Crippen molar-refractivity contribution >= 4 is 17.2 Å². The van der Waals surface area contributed by atoms with Crippen LogP contribution in [0.25, 0.3) is 16.9 Å². The highest BCUT2D eigenvalue weighted by Crippen LogP contribution is 2.25. The van der Waals surface area contributed by atoms with Gasteiger partial charge in [0.15, 0.2) is 0 Å². The molecule has 2 heterocycles. The van der Waals surface area contributed by atoms with Gasteiger partial charge >= 0.3 is 0 Å². The minimum absolute atomic E-state index is 0.172. The fourth-order valence-electron chi connectivity index (χ4n) is 2.06. The standard InChI is InChI=1S/C14H10ClFN2O/c15-10-3-6-13-17-14(12(8-19)18(13)7-10)9-1-4-11(16)5-2-9/h1-7,19H,8H2. The summed E-state index contributed by atoms with van der Waals surface area (Å²) in [6.45, 7) is -0.172. The molecule has 0 fully saturated rings. The lowest BCUT2D eigenvalue weighted by atomic mass is 10.1. The molecule has 0 radical (unpaired) electrons. The van der Waals surface area contributed by atoms with Crippen LogP contribution in [0, 0.1) is 5.82 Å². The molecule has 0 aliphatic rings. The van der Waals surface area contributed by atoms with Crippen LogP contribution in [0.15, 0.2) is 42.6 Å². The molecule has 0 atom stereocenters. The van der Waals surface area contributed by atoms with Gasteiger partial charge < -0.3 is 5.11 Å². The van der Waals surface area contributed by atoms with Gasteiger partial charge in [-0.1, -0.05) is 11.6 Å². The Labute approximate surface area is 113 Å². The molecule has 2 aromatic heterocycles. The molecule has 3 nitrogen and oxygen atoms in total. The van der Waals surface area contributed by atoms with E-state index in [0.717, 1.165) is 5.56 Å². The summed E-state index contributed by atoms with van der Waals surface area (Å²) in [6.07, 6.45) is 1.70. The van der Waals surface area contributed by atoms with Crippen molar-refractivity contribution in [1.29, 1.82) is 0 Å². The van der Waals surface area contributed by atoms with Crippen LogP contribution in [0.2, 0.25) is 5.02 Å². The van der Waals surface area contributed by atoms with Crippen LogP contribution >= 0.6 is 11.6 Å². The smallest absolute Gasteiger partial charge is 0.137 e. The topological polar surface area (TPSA) is 37.5 Å². The molecule has 1 aromatic carbocycles. The molecule has 0 aliphatic heterocycles. The van der Waals surface area contributed by atoms with Crippen molar-refractivity contribution in [2.24, 2.45) is 0 Å². The van der Waals surface area contributed by atoms with Gasteiger partial charge in [-0.25, -0.2) is 9.37 Å². The summed E-state index contributed by atoms with van der Waals surface area (Å²) < 4.78 is 14.7. The van der Waals surface area contributed by atoms with Crippen LogP contribution in [-0.2, 0) is 6.61 Å². The van der Waals surface area contributed by atoms with Crippen LogP contribution in [0.5, 0.6) is 0 Å². The van der Waals surface area contributed by atoms with Gasteiger partial charge in [0.05, 0.1) is 23.0 Å². The van der Waals surface area contributed by atoms with Gasteiger partial charge in [-0.2, -0.15) is 0 Å². The maximum atomic E-state index is 12.9. The van der Waals surface area contributed by atoms with Crippen molar-refractivity contribution in [1.82, 2.24) is 9.38 Å². The van der Waals surface area contributed by atoms with E-state index in [0.29, 0.717) is 22.1 Å². The first kappa shape index (κ1) is 12.1. The largest absolute Gasteiger partial charge is 0.390 e. The molecule has 0 amide bonds. The number of aliphatic hydroxyl groups is 1. The number of aliphatic hydroxyl groups excluding tert-OH is 1. The predicted molar refractivity (Wildman–Crippen MR) is 71.5 cm³/mol. The van der Waals surface area contributed by atoms with Crippen LogP contribution in [0.4, 0.5) is 4.39 Å². The zero-order valence-electron chi connectivity index (χ0n) is 9.85. The summed E-state index contributed by atoms with van der Waals surface area (Å²) >= 11 is 5.94. The average molecular weight is 277 g/mol. The summed E-state index contributed by atoms with van der Waals surface area (Å²) in [6, 6.07) is 9.52. The predicted octanol–water partition coefficient (Wildman–Crippen LogP) is 3.29. The van der Waals surface area contributed by atoms with E-state index in [1.54, 1.807) is 34.9 Å². The Kier molecular flexibility index (Phi) is 2.97. The van der Waals surface area contributed by atoms with Crippen molar-refractivity contribution in [2.45, 2.75) is 6.61 Å². The lowest BCUT2D eigenvalue weighted by molar-refractivity contribution is 0.276. The third-order valence-electron chi connectivity index (χ3n) is 2.95. The highest BCUT2D eigenvalue weighted by Gasteiger charge is 2.13. The molecule has 1 N–H and O–H groups in total. The molecular weight excluding hydrogens is 267 g/mol. The molecule has 0 saturated carbocycles. The average Bonchev–Trinajstić information content (AvgIpc) is 2.77. The molecule has 3 rings (SSSR count). The molecule has 0 spiro atoms. The number of imidazole rings is 1. The molecule has 19 heavy (non-hydrogen) atoms. The minimum atomic E-state index is -0.305. The molecule has 0 aliphatic carbocycles. The zero-order chi connectivity index (χ0) is 13.4. The quantitative estimate of drug-likeness (QED) is 0.780. The van der Waals surface area contributed by atoms with Gasteiger partial charge in [0, 0.05) is 11.8 Å². The van der Waals surface area contributed by atoms with E-state index < -0.39 is 0 Å².